The summed E-state index contributed by atoms with van der Waals surface area (Å²) in [5.74, 6) is 0.267. The number of rotatable bonds is 5. The molecule has 1 amide bonds. The normalized spacial score (nSPS) is 11.0. The largest absolute Gasteiger partial charge is 0.341 e. The molecule has 11 heteroatoms. The van der Waals surface area contributed by atoms with E-state index in [1.807, 2.05) is 30.3 Å². The minimum Gasteiger partial charge on any atom is -0.341 e. The number of benzene rings is 2. The van der Waals surface area contributed by atoms with Crippen molar-refractivity contribution in [3.8, 4) is 11.4 Å². The zero-order valence-corrected chi connectivity index (χ0v) is 16.8. The summed E-state index contributed by atoms with van der Waals surface area (Å²) >= 11 is 7.67. The van der Waals surface area contributed by atoms with Crippen molar-refractivity contribution in [2.24, 2.45) is 0 Å². The lowest BCUT2D eigenvalue weighted by Crippen LogP contribution is -2.12. The van der Waals surface area contributed by atoms with Crippen molar-refractivity contribution in [3.05, 3.63) is 65.8 Å². The minimum atomic E-state index is -0.275. The van der Waals surface area contributed by atoms with Gasteiger partial charge in [0.1, 0.15) is 5.69 Å². The minimum absolute atomic E-state index is 0.275. The number of nitrogens with zero attached hydrogens (tertiary/aromatic N) is 4. The Morgan fingerprint density at radius 2 is 2.10 bits per heavy atom. The van der Waals surface area contributed by atoms with Gasteiger partial charge in [0.25, 0.3) is 5.91 Å². The molecule has 0 aliphatic heterocycles. The van der Waals surface area contributed by atoms with Crippen molar-refractivity contribution in [1.82, 2.24) is 29.5 Å². The summed E-state index contributed by atoms with van der Waals surface area (Å²) in [6.07, 6.45) is 4.60. The Hall–Kier alpha value is -3.76. The smallest absolute Gasteiger partial charge is 0.273 e. The Bertz CT molecular complexity index is 1340. The SMILES string of the molecule is O=C(Nc1cccc(-c2nsc(Nc3ccc4[nH]ncc4c3Cl)n2)c1)c1cnc[nH]1. The average molecular weight is 437 g/mol. The first-order chi connectivity index (χ1) is 14.7. The fourth-order valence-corrected chi connectivity index (χ4v) is 3.76. The molecular weight excluding hydrogens is 424 g/mol. The summed E-state index contributed by atoms with van der Waals surface area (Å²) in [5.41, 5.74) is 3.36. The third-order valence-electron chi connectivity index (χ3n) is 4.35. The van der Waals surface area contributed by atoms with Crippen LogP contribution in [0.25, 0.3) is 22.3 Å². The van der Waals surface area contributed by atoms with E-state index in [1.165, 1.54) is 24.1 Å². The first-order valence-corrected chi connectivity index (χ1v) is 9.95. The van der Waals surface area contributed by atoms with Crippen LogP contribution in [0.3, 0.4) is 0 Å². The number of H-pyrrole nitrogens is 2. The lowest BCUT2D eigenvalue weighted by molar-refractivity contribution is 0.102. The maximum atomic E-state index is 12.2. The number of aromatic nitrogens is 6. The number of fused-ring (bicyclic) bond motifs is 1. The molecule has 9 nitrogen and oxygen atoms in total. The molecular formula is C19H13ClN8OS. The molecule has 2 aromatic carbocycles. The molecule has 4 N–H and O–H groups in total. The van der Waals surface area contributed by atoms with Crippen LogP contribution in [-0.2, 0) is 0 Å². The van der Waals surface area contributed by atoms with Gasteiger partial charge in [-0.2, -0.15) is 14.5 Å². The first-order valence-electron chi connectivity index (χ1n) is 8.80. The van der Waals surface area contributed by atoms with Gasteiger partial charge in [-0.15, -0.1) is 0 Å². The molecule has 0 saturated heterocycles. The first kappa shape index (κ1) is 18.3. The Morgan fingerprint density at radius 3 is 2.97 bits per heavy atom. The molecule has 0 unspecified atom stereocenters. The van der Waals surface area contributed by atoms with Crippen molar-refractivity contribution in [2.75, 3.05) is 10.6 Å². The quantitative estimate of drug-likeness (QED) is 0.322. The van der Waals surface area contributed by atoms with Gasteiger partial charge in [0.15, 0.2) is 5.82 Å². The molecule has 3 aromatic heterocycles. The van der Waals surface area contributed by atoms with E-state index < -0.39 is 0 Å². The number of carbonyl (C=O) groups excluding carboxylic acids is 1. The molecule has 0 bridgehead atoms. The Balaban J connectivity index is 1.36. The highest BCUT2D eigenvalue weighted by Crippen LogP contribution is 2.33. The maximum Gasteiger partial charge on any atom is 0.273 e. The number of anilines is 3. The van der Waals surface area contributed by atoms with Gasteiger partial charge in [0.05, 0.1) is 34.9 Å². The highest BCUT2D eigenvalue weighted by atomic mass is 35.5. The molecule has 0 radical (unpaired) electrons. The number of hydrogen-bond acceptors (Lipinski definition) is 7. The van der Waals surface area contributed by atoms with Crippen molar-refractivity contribution in [3.63, 3.8) is 0 Å². The van der Waals surface area contributed by atoms with Gasteiger partial charge in [-0.25, -0.2) is 4.98 Å². The maximum absolute atomic E-state index is 12.2. The monoisotopic (exact) mass is 436 g/mol. The van der Waals surface area contributed by atoms with Crippen LogP contribution in [0.5, 0.6) is 0 Å². The Kier molecular flexibility index (Phi) is 4.62. The van der Waals surface area contributed by atoms with E-state index in [-0.39, 0.29) is 5.91 Å². The third kappa shape index (κ3) is 3.49. The molecule has 0 aliphatic rings. The zero-order chi connectivity index (χ0) is 20.5. The predicted molar refractivity (Wildman–Crippen MR) is 116 cm³/mol. The summed E-state index contributed by atoms with van der Waals surface area (Å²) in [6, 6.07) is 11.1. The summed E-state index contributed by atoms with van der Waals surface area (Å²) in [5, 5.41) is 14.9. The molecule has 5 rings (SSSR count). The second kappa shape index (κ2) is 7.58. The molecule has 148 valence electrons. The summed E-state index contributed by atoms with van der Waals surface area (Å²) in [7, 11) is 0. The lowest BCUT2D eigenvalue weighted by Gasteiger charge is -2.06. The van der Waals surface area contributed by atoms with E-state index >= 15 is 0 Å². The fourth-order valence-electron chi connectivity index (χ4n) is 2.90. The molecule has 0 spiro atoms. The van der Waals surface area contributed by atoms with E-state index in [0.29, 0.717) is 33.0 Å². The van der Waals surface area contributed by atoms with Gasteiger partial charge >= 0.3 is 0 Å². The van der Waals surface area contributed by atoms with Gasteiger partial charge in [-0.1, -0.05) is 23.7 Å². The summed E-state index contributed by atoms with van der Waals surface area (Å²) in [6.45, 7) is 0. The van der Waals surface area contributed by atoms with Crippen LogP contribution < -0.4 is 10.6 Å². The van der Waals surface area contributed by atoms with Gasteiger partial charge in [0.2, 0.25) is 5.13 Å². The van der Waals surface area contributed by atoms with Crippen molar-refractivity contribution < 1.29 is 4.79 Å². The van der Waals surface area contributed by atoms with E-state index in [4.69, 9.17) is 11.6 Å². The Labute approximate surface area is 178 Å². The molecule has 0 fully saturated rings. The number of aromatic amines is 2. The molecule has 0 saturated carbocycles. The summed E-state index contributed by atoms with van der Waals surface area (Å²) < 4.78 is 4.41. The number of hydrogen-bond donors (Lipinski definition) is 4. The fraction of sp³-hybridized carbons (Fsp3) is 0. The van der Waals surface area contributed by atoms with Crippen LogP contribution in [0, 0.1) is 0 Å². The molecule has 3 heterocycles. The van der Waals surface area contributed by atoms with Crippen LogP contribution in [0.2, 0.25) is 5.02 Å². The molecule has 0 atom stereocenters. The molecule has 0 aliphatic carbocycles. The van der Waals surface area contributed by atoms with Crippen LogP contribution >= 0.6 is 23.1 Å². The predicted octanol–water partition coefficient (Wildman–Crippen LogP) is 4.45. The standard InChI is InChI=1S/C19H13ClN8OS/c20-16-12-7-23-27-13(12)4-5-14(16)25-19-26-17(28-30-19)10-2-1-3-11(6-10)24-18(29)15-8-21-9-22-15/h1-9H,(H,21,22)(H,23,27)(H,24,29)(H,25,26,28). The van der Waals surface area contributed by atoms with Crippen molar-refractivity contribution >= 4 is 56.4 Å². The van der Waals surface area contributed by atoms with Crippen LogP contribution in [-0.4, -0.2) is 35.4 Å². The summed E-state index contributed by atoms with van der Waals surface area (Å²) in [4.78, 5) is 23.4. The number of halogens is 1. The van der Waals surface area contributed by atoms with Gasteiger partial charge in [0, 0.05) is 28.2 Å². The van der Waals surface area contributed by atoms with Gasteiger partial charge in [-0.3, -0.25) is 9.89 Å². The number of amides is 1. The highest BCUT2D eigenvalue weighted by Gasteiger charge is 2.12. The van der Waals surface area contributed by atoms with Gasteiger partial charge in [-0.05, 0) is 24.3 Å². The van der Waals surface area contributed by atoms with Gasteiger partial charge < -0.3 is 15.6 Å². The number of carbonyl (C=O) groups is 1. The van der Waals surface area contributed by atoms with E-state index in [9.17, 15) is 4.79 Å². The topological polar surface area (TPSA) is 124 Å². The van der Waals surface area contributed by atoms with Crippen LogP contribution in [0.1, 0.15) is 10.5 Å². The highest BCUT2D eigenvalue weighted by molar-refractivity contribution is 7.10. The van der Waals surface area contributed by atoms with E-state index in [1.54, 1.807) is 12.3 Å². The second-order valence-electron chi connectivity index (χ2n) is 6.31. The van der Waals surface area contributed by atoms with Crippen LogP contribution in [0.15, 0.2) is 55.1 Å². The number of nitrogens with one attached hydrogen (secondary N) is 4. The zero-order valence-electron chi connectivity index (χ0n) is 15.2. The lowest BCUT2D eigenvalue weighted by atomic mass is 10.2. The molecule has 30 heavy (non-hydrogen) atoms. The van der Waals surface area contributed by atoms with Crippen molar-refractivity contribution in [1.29, 1.82) is 0 Å². The van der Waals surface area contributed by atoms with Crippen molar-refractivity contribution in [2.45, 2.75) is 0 Å². The van der Waals surface area contributed by atoms with E-state index in [2.05, 4.69) is 40.2 Å². The molecule has 5 aromatic rings. The third-order valence-corrected chi connectivity index (χ3v) is 5.39. The average Bonchev–Trinajstić information content (AvgIpc) is 3.52. The second-order valence-corrected chi connectivity index (χ2v) is 7.44. The number of imidazole rings is 1. The van der Waals surface area contributed by atoms with Crippen LogP contribution in [0.4, 0.5) is 16.5 Å². The Morgan fingerprint density at radius 1 is 1.17 bits per heavy atom. The van der Waals surface area contributed by atoms with E-state index in [0.717, 1.165) is 16.5 Å².